The number of nitrogen functional groups attached to an aromatic ring is 1. The highest BCUT2D eigenvalue weighted by molar-refractivity contribution is 9.10. The Bertz CT molecular complexity index is 664. The molecular formula is C14H15BrN2O2S. The Morgan fingerprint density at radius 3 is 2.95 bits per heavy atom. The number of carbonyl (C=O) groups is 1. The van der Waals surface area contributed by atoms with Gasteiger partial charge in [0.15, 0.2) is 0 Å². The van der Waals surface area contributed by atoms with Gasteiger partial charge in [-0.05, 0) is 30.9 Å². The minimum absolute atomic E-state index is 0.124. The molecule has 0 saturated heterocycles. The molecule has 20 heavy (non-hydrogen) atoms. The third-order valence-corrected chi connectivity index (χ3v) is 5.32. The van der Waals surface area contributed by atoms with Crippen LogP contribution >= 0.6 is 27.3 Å². The molecule has 4 N–H and O–H groups in total. The number of thiophene rings is 1. The maximum atomic E-state index is 12.2. The van der Waals surface area contributed by atoms with E-state index in [1.54, 1.807) is 0 Å². The van der Waals surface area contributed by atoms with Crippen LogP contribution in [0.3, 0.4) is 0 Å². The molecule has 0 aliphatic heterocycles. The number of nitrogens with one attached hydrogen (secondary N) is 1. The van der Waals surface area contributed by atoms with Crippen molar-refractivity contribution in [3.05, 3.63) is 27.5 Å². The standard InChI is InChI=1S/C14H15BrN2O2S/c15-8-1-2-10-11(5-8)20-13(12(10)16)14(19)17-6-7-3-9(18)4-7/h1-2,5,7,9,18H,3-4,6,16H2,(H,17,19). The Kier molecular flexibility index (Phi) is 3.70. The molecule has 1 heterocycles. The lowest BCUT2D eigenvalue weighted by atomic mass is 9.82. The van der Waals surface area contributed by atoms with E-state index in [0.717, 1.165) is 27.4 Å². The van der Waals surface area contributed by atoms with Gasteiger partial charge in [-0.25, -0.2) is 0 Å². The highest BCUT2D eigenvalue weighted by Crippen LogP contribution is 2.35. The molecule has 1 fully saturated rings. The van der Waals surface area contributed by atoms with E-state index in [-0.39, 0.29) is 12.0 Å². The minimum Gasteiger partial charge on any atom is -0.397 e. The van der Waals surface area contributed by atoms with Crippen molar-refractivity contribution >= 4 is 48.9 Å². The van der Waals surface area contributed by atoms with Gasteiger partial charge in [0.1, 0.15) is 4.88 Å². The molecular weight excluding hydrogens is 340 g/mol. The normalized spacial score (nSPS) is 21.7. The molecule has 2 aromatic rings. The van der Waals surface area contributed by atoms with Crippen LogP contribution in [0.5, 0.6) is 0 Å². The number of halogens is 1. The maximum Gasteiger partial charge on any atom is 0.263 e. The summed E-state index contributed by atoms with van der Waals surface area (Å²) in [6.07, 6.45) is 1.35. The molecule has 0 radical (unpaired) electrons. The molecule has 0 unspecified atom stereocenters. The summed E-state index contributed by atoms with van der Waals surface area (Å²) in [5.74, 6) is 0.264. The van der Waals surface area contributed by atoms with Gasteiger partial charge in [-0.15, -0.1) is 11.3 Å². The Morgan fingerprint density at radius 2 is 2.25 bits per heavy atom. The summed E-state index contributed by atoms with van der Waals surface area (Å²) in [6, 6.07) is 5.81. The number of rotatable bonds is 3. The van der Waals surface area contributed by atoms with E-state index in [1.165, 1.54) is 11.3 Å². The van der Waals surface area contributed by atoms with E-state index in [2.05, 4.69) is 21.2 Å². The number of amides is 1. The van der Waals surface area contributed by atoms with Gasteiger partial charge in [0.05, 0.1) is 11.8 Å². The van der Waals surface area contributed by atoms with E-state index >= 15 is 0 Å². The summed E-state index contributed by atoms with van der Waals surface area (Å²) >= 11 is 4.82. The van der Waals surface area contributed by atoms with Gasteiger partial charge < -0.3 is 16.2 Å². The van der Waals surface area contributed by atoms with Gasteiger partial charge in [-0.1, -0.05) is 22.0 Å². The zero-order valence-electron chi connectivity index (χ0n) is 10.7. The lowest BCUT2D eigenvalue weighted by Gasteiger charge is -2.31. The molecule has 1 aliphatic rings. The first-order valence-electron chi connectivity index (χ1n) is 6.48. The zero-order chi connectivity index (χ0) is 14.3. The SMILES string of the molecule is Nc1c(C(=O)NCC2CC(O)C2)sc2cc(Br)ccc12. The third-order valence-electron chi connectivity index (χ3n) is 3.66. The van der Waals surface area contributed by atoms with E-state index in [1.807, 2.05) is 18.2 Å². The Morgan fingerprint density at radius 1 is 1.50 bits per heavy atom. The molecule has 1 aromatic heterocycles. The summed E-state index contributed by atoms with van der Waals surface area (Å²) in [7, 11) is 0. The second kappa shape index (κ2) is 5.35. The number of fused-ring (bicyclic) bond motifs is 1. The van der Waals surface area contributed by atoms with Crippen molar-refractivity contribution in [3.8, 4) is 0 Å². The predicted molar refractivity (Wildman–Crippen MR) is 85.0 cm³/mol. The first kappa shape index (κ1) is 13.9. The molecule has 0 atom stereocenters. The first-order valence-corrected chi connectivity index (χ1v) is 8.09. The van der Waals surface area contributed by atoms with Gasteiger partial charge in [0.25, 0.3) is 5.91 Å². The quantitative estimate of drug-likeness (QED) is 0.793. The van der Waals surface area contributed by atoms with Crippen LogP contribution < -0.4 is 11.1 Å². The maximum absolute atomic E-state index is 12.2. The third kappa shape index (κ3) is 2.55. The summed E-state index contributed by atoms with van der Waals surface area (Å²) in [4.78, 5) is 12.8. The number of carbonyl (C=O) groups excluding carboxylic acids is 1. The lowest BCUT2D eigenvalue weighted by molar-refractivity contribution is 0.0420. The fourth-order valence-corrected chi connectivity index (χ4v) is 4.03. The minimum atomic E-state index is -0.191. The van der Waals surface area contributed by atoms with Crippen LogP contribution in [-0.2, 0) is 0 Å². The van der Waals surface area contributed by atoms with Crippen molar-refractivity contribution in [1.82, 2.24) is 5.32 Å². The molecule has 0 bridgehead atoms. The number of hydrogen-bond acceptors (Lipinski definition) is 4. The van der Waals surface area contributed by atoms with Gasteiger partial charge in [0, 0.05) is 21.1 Å². The second-order valence-corrected chi connectivity index (χ2v) is 7.15. The highest BCUT2D eigenvalue weighted by atomic mass is 79.9. The molecule has 1 saturated carbocycles. The Balaban J connectivity index is 1.75. The molecule has 3 rings (SSSR count). The Hall–Kier alpha value is -1.11. The predicted octanol–water partition coefficient (Wildman–Crippen LogP) is 2.75. The molecule has 1 aliphatic carbocycles. The van der Waals surface area contributed by atoms with Crippen molar-refractivity contribution < 1.29 is 9.90 Å². The van der Waals surface area contributed by atoms with E-state index in [4.69, 9.17) is 5.73 Å². The van der Waals surface area contributed by atoms with Gasteiger partial charge >= 0.3 is 0 Å². The topological polar surface area (TPSA) is 75.4 Å². The Labute approximate surface area is 129 Å². The summed E-state index contributed by atoms with van der Waals surface area (Å²) in [6.45, 7) is 0.604. The summed E-state index contributed by atoms with van der Waals surface area (Å²) in [5, 5.41) is 13.1. The van der Waals surface area contributed by atoms with Crippen LogP contribution in [0.1, 0.15) is 22.5 Å². The highest BCUT2D eigenvalue weighted by Gasteiger charge is 2.27. The van der Waals surface area contributed by atoms with Crippen LogP contribution in [0, 0.1) is 5.92 Å². The average molecular weight is 355 g/mol. The van der Waals surface area contributed by atoms with Crippen molar-refractivity contribution in [2.45, 2.75) is 18.9 Å². The van der Waals surface area contributed by atoms with Crippen molar-refractivity contribution in [2.75, 3.05) is 12.3 Å². The summed E-state index contributed by atoms with van der Waals surface area (Å²) in [5.41, 5.74) is 6.60. The molecule has 106 valence electrons. The second-order valence-electron chi connectivity index (χ2n) is 5.19. The average Bonchev–Trinajstić information content (AvgIpc) is 2.70. The molecule has 4 nitrogen and oxygen atoms in total. The number of benzene rings is 1. The van der Waals surface area contributed by atoms with Crippen molar-refractivity contribution in [2.24, 2.45) is 5.92 Å². The van der Waals surface area contributed by atoms with Crippen molar-refractivity contribution in [1.29, 1.82) is 0 Å². The van der Waals surface area contributed by atoms with Gasteiger partial charge in [-0.3, -0.25) is 4.79 Å². The number of anilines is 1. The van der Waals surface area contributed by atoms with Gasteiger partial charge in [0.2, 0.25) is 0 Å². The molecule has 1 amide bonds. The molecule has 6 heteroatoms. The number of aliphatic hydroxyl groups excluding tert-OH is 1. The fourth-order valence-electron chi connectivity index (χ4n) is 2.44. The first-order chi connectivity index (χ1) is 9.54. The molecule has 1 aromatic carbocycles. The van der Waals surface area contributed by atoms with Crippen LogP contribution in [0.25, 0.3) is 10.1 Å². The lowest BCUT2D eigenvalue weighted by Crippen LogP contribution is -2.38. The largest absolute Gasteiger partial charge is 0.397 e. The van der Waals surface area contributed by atoms with Crippen molar-refractivity contribution in [3.63, 3.8) is 0 Å². The zero-order valence-corrected chi connectivity index (χ0v) is 13.1. The van der Waals surface area contributed by atoms with E-state index < -0.39 is 0 Å². The van der Waals surface area contributed by atoms with Crippen LogP contribution in [0.15, 0.2) is 22.7 Å². The number of aliphatic hydroxyl groups is 1. The van der Waals surface area contributed by atoms with Gasteiger partial charge in [-0.2, -0.15) is 0 Å². The fraction of sp³-hybridized carbons (Fsp3) is 0.357. The smallest absolute Gasteiger partial charge is 0.263 e. The molecule has 0 spiro atoms. The van der Waals surface area contributed by atoms with E-state index in [9.17, 15) is 9.90 Å². The number of hydrogen-bond donors (Lipinski definition) is 3. The number of nitrogens with two attached hydrogens (primary N) is 1. The van der Waals surface area contributed by atoms with Crippen LogP contribution in [0.4, 0.5) is 5.69 Å². The summed E-state index contributed by atoms with van der Waals surface area (Å²) < 4.78 is 1.97. The monoisotopic (exact) mass is 354 g/mol. The van der Waals surface area contributed by atoms with Crippen LogP contribution in [0.2, 0.25) is 0 Å². The van der Waals surface area contributed by atoms with E-state index in [0.29, 0.717) is 23.0 Å². The van der Waals surface area contributed by atoms with Crippen LogP contribution in [-0.4, -0.2) is 23.7 Å².